The van der Waals surface area contributed by atoms with Gasteiger partial charge in [0, 0.05) is 47.0 Å². The van der Waals surface area contributed by atoms with E-state index in [0.717, 1.165) is 25.1 Å². The second-order valence-electron chi connectivity index (χ2n) is 8.06. The van der Waals surface area contributed by atoms with Gasteiger partial charge in [-0.05, 0) is 12.3 Å². The molecule has 1 saturated heterocycles. The zero-order chi connectivity index (χ0) is 22.1. The van der Waals surface area contributed by atoms with E-state index < -0.39 is 0 Å². The third kappa shape index (κ3) is 8.30. The smallest absolute Gasteiger partial charge is 0.246 e. The molecular weight excluding hydrogens is 509 g/mol. The van der Waals surface area contributed by atoms with Crippen LogP contribution in [0.15, 0.2) is 17.4 Å². The van der Waals surface area contributed by atoms with Crippen LogP contribution in [0, 0.1) is 5.92 Å². The summed E-state index contributed by atoms with van der Waals surface area (Å²) >= 11 is 0. The lowest BCUT2D eigenvalue weighted by molar-refractivity contribution is -0.127. The Bertz CT molecular complexity index is 735. The molecule has 176 valence electrons. The highest BCUT2D eigenvalue weighted by Crippen LogP contribution is 2.16. The standard InChI is InChI=1S/C21H37N7O2.HI/c1-6-8-9-17(7-2)12-22-21(23-14-19(29)25(3)4)27-10-11-28(20(30)16-27)18-13-24-26(5)15-18;/h13,15,17H,6-12,14,16H2,1-5H3,(H,22,23);1H. The van der Waals surface area contributed by atoms with Gasteiger partial charge in [-0.1, -0.05) is 33.1 Å². The first kappa shape index (κ1) is 27.2. The van der Waals surface area contributed by atoms with Crippen molar-refractivity contribution in [3.8, 4) is 0 Å². The van der Waals surface area contributed by atoms with E-state index in [2.05, 4.69) is 29.3 Å². The number of halogens is 1. The molecule has 1 atom stereocenters. The van der Waals surface area contributed by atoms with Gasteiger partial charge in [0.2, 0.25) is 11.8 Å². The first-order valence-corrected chi connectivity index (χ1v) is 10.9. The van der Waals surface area contributed by atoms with Gasteiger partial charge >= 0.3 is 0 Å². The number of nitrogens with one attached hydrogen (secondary N) is 1. The van der Waals surface area contributed by atoms with Gasteiger partial charge in [0.25, 0.3) is 0 Å². The third-order valence-electron chi connectivity index (χ3n) is 5.48. The Hall–Kier alpha value is -1.85. The molecule has 0 saturated carbocycles. The van der Waals surface area contributed by atoms with Gasteiger partial charge in [0.15, 0.2) is 5.96 Å². The quantitative estimate of drug-likeness (QED) is 0.290. The van der Waals surface area contributed by atoms with Crippen LogP contribution in [0.5, 0.6) is 0 Å². The number of guanidine groups is 1. The molecule has 0 spiro atoms. The van der Waals surface area contributed by atoms with Crippen molar-refractivity contribution in [3.63, 3.8) is 0 Å². The van der Waals surface area contributed by atoms with Crippen molar-refractivity contribution in [1.82, 2.24) is 24.9 Å². The molecular formula is C21H38IN7O2. The van der Waals surface area contributed by atoms with Crippen LogP contribution < -0.4 is 10.2 Å². The van der Waals surface area contributed by atoms with Gasteiger partial charge in [0.05, 0.1) is 11.9 Å². The predicted octanol–water partition coefficient (Wildman–Crippen LogP) is 1.94. The minimum absolute atomic E-state index is 0. The molecule has 0 radical (unpaired) electrons. The summed E-state index contributed by atoms with van der Waals surface area (Å²) in [7, 11) is 5.28. The highest BCUT2D eigenvalue weighted by molar-refractivity contribution is 14.0. The summed E-state index contributed by atoms with van der Waals surface area (Å²) in [6.07, 6.45) is 8.18. The first-order valence-electron chi connectivity index (χ1n) is 10.9. The summed E-state index contributed by atoms with van der Waals surface area (Å²) in [6, 6.07) is 0. The lowest BCUT2D eigenvalue weighted by Crippen LogP contribution is -2.56. The van der Waals surface area contributed by atoms with Crippen LogP contribution in [0.25, 0.3) is 0 Å². The predicted molar refractivity (Wildman–Crippen MR) is 135 cm³/mol. The van der Waals surface area contributed by atoms with E-state index in [0.29, 0.717) is 25.0 Å². The molecule has 2 heterocycles. The number of aliphatic imine (C=N–C) groups is 1. The van der Waals surface area contributed by atoms with Crippen molar-refractivity contribution in [3.05, 3.63) is 12.4 Å². The molecule has 1 aliphatic rings. The maximum atomic E-state index is 12.8. The van der Waals surface area contributed by atoms with E-state index in [1.54, 1.807) is 29.9 Å². The van der Waals surface area contributed by atoms with Gasteiger partial charge in [0.1, 0.15) is 13.1 Å². The summed E-state index contributed by atoms with van der Waals surface area (Å²) in [5.41, 5.74) is 0.807. The fourth-order valence-corrected chi connectivity index (χ4v) is 3.41. The summed E-state index contributed by atoms with van der Waals surface area (Å²) in [4.78, 5) is 34.6. The summed E-state index contributed by atoms with van der Waals surface area (Å²) < 4.78 is 1.69. The van der Waals surface area contributed by atoms with E-state index in [-0.39, 0.29) is 48.9 Å². The Morgan fingerprint density at radius 3 is 2.61 bits per heavy atom. The van der Waals surface area contributed by atoms with Crippen LogP contribution in [-0.2, 0) is 16.6 Å². The van der Waals surface area contributed by atoms with Gasteiger partial charge in [-0.25, -0.2) is 4.99 Å². The van der Waals surface area contributed by atoms with Crippen LogP contribution in [-0.4, -0.2) is 84.2 Å². The van der Waals surface area contributed by atoms with Crippen LogP contribution >= 0.6 is 24.0 Å². The maximum absolute atomic E-state index is 12.8. The minimum atomic E-state index is -0.0624. The van der Waals surface area contributed by atoms with Crippen LogP contribution in [0.1, 0.15) is 39.5 Å². The largest absolute Gasteiger partial charge is 0.356 e. The highest BCUT2D eigenvalue weighted by atomic mass is 127. The molecule has 1 aromatic heterocycles. The number of carbonyl (C=O) groups excluding carboxylic acids is 2. The molecule has 10 heteroatoms. The number of rotatable bonds is 9. The molecule has 9 nitrogen and oxygen atoms in total. The Labute approximate surface area is 203 Å². The summed E-state index contributed by atoms with van der Waals surface area (Å²) in [6.45, 7) is 6.69. The fraction of sp³-hybridized carbons (Fsp3) is 0.714. The molecule has 2 rings (SSSR count). The number of aryl methyl sites for hydroxylation is 1. The first-order chi connectivity index (χ1) is 14.3. The van der Waals surface area contributed by atoms with Gasteiger partial charge in [-0.3, -0.25) is 14.3 Å². The SMILES string of the molecule is CCCCC(CC)CNC(=NCC(=O)N(C)C)N1CCN(c2cnn(C)c2)C(=O)C1.I. The molecule has 31 heavy (non-hydrogen) atoms. The number of aromatic nitrogens is 2. The van der Waals surface area contributed by atoms with Crippen molar-refractivity contribution in [2.24, 2.45) is 18.0 Å². The second-order valence-corrected chi connectivity index (χ2v) is 8.06. The Morgan fingerprint density at radius 1 is 1.32 bits per heavy atom. The van der Waals surface area contributed by atoms with Gasteiger partial charge in [-0.2, -0.15) is 5.10 Å². The second kappa shape index (κ2) is 13.5. The Balaban J connectivity index is 0.00000480. The number of piperazine rings is 1. The van der Waals surface area contributed by atoms with E-state index in [1.165, 1.54) is 17.7 Å². The number of unbranched alkanes of at least 4 members (excludes halogenated alkanes) is 1. The van der Waals surface area contributed by atoms with Crippen molar-refractivity contribution < 1.29 is 9.59 Å². The van der Waals surface area contributed by atoms with Crippen molar-refractivity contribution in [2.45, 2.75) is 39.5 Å². The molecule has 2 amide bonds. The Kier molecular flexibility index (Phi) is 11.9. The number of likely N-dealkylation sites (N-methyl/N-ethyl adjacent to an activating group) is 1. The molecule has 1 aliphatic heterocycles. The van der Waals surface area contributed by atoms with Crippen LogP contribution in [0.2, 0.25) is 0 Å². The zero-order valence-corrected chi connectivity index (χ0v) is 21.8. The fourth-order valence-electron chi connectivity index (χ4n) is 3.41. The molecule has 0 aromatic carbocycles. The normalized spacial score (nSPS) is 15.5. The number of amides is 2. The molecule has 1 unspecified atom stereocenters. The summed E-state index contributed by atoms with van der Waals surface area (Å²) in [5.74, 6) is 1.12. The zero-order valence-electron chi connectivity index (χ0n) is 19.5. The number of hydrogen-bond donors (Lipinski definition) is 1. The maximum Gasteiger partial charge on any atom is 0.246 e. The van der Waals surface area contributed by atoms with Gasteiger partial charge in [-0.15, -0.1) is 24.0 Å². The molecule has 0 aliphatic carbocycles. The minimum Gasteiger partial charge on any atom is -0.356 e. The number of nitrogens with zero attached hydrogens (tertiary/aromatic N) is 6. The van der Waals surface area contributed by atoms with E-state index in [1.807, 2.05) is 18.1 Å². The van der Waals surface area contributed by atoms with Crippen molar-refractivity contribution in [2.75, 3.05) is 51.7 Å². The lowest BCUT2D eigenvalue weighted by atomic mass is 9.99. The topological polar surface area (TPSA) is 86.1 Å². The summed E-state index contributed by atoms with van der Waals surface area (Å²) in [5, 5.41) is 7.60. The third-order valence-corrected chi connectivity index (χ3v) is 5.48. The van der Waals surface area contributed by atoms with E-state index in [9.17, 15) is 9.59 Å². The molecule has 1 N–H and O–H groups in total. The molecule has 0 bridgehead atoms. The number of carbonyl (C=O) groups is 2. The average molecular weight is 547 g/mol. The van der Waals surface area contributed by atoms with E-state index in [4.69, 9.17) is 0 Å². The van der Waals surface area contributed by atoms with Crippen molar-refractivity contribution in [1.29, 1.82) is 0 Å². The average Bonchev–Trinajstić information content (AvgIpc) is 3.15. The number of hydrogen-bond acceptors (Lipinski definition) is 4. The lowest BCUT2D eigenvalue weighted by Gasteiger charge is -2.36. The Morgan fingerprint density at radius 2 is 2.06 bits per heavy atom. The molecule has 1 aromatic rings. The highest BCUT2D eigenvalue weighted by Gasteiger charge is 2.28. The monoisotopic (exact) mass is 547 g/mol. The van der Waals surface area contributed by atoms with Crippen LogP contribution in [0.3, 0.4) is 0 Å². The van der Waals surface area contributed by atoms with Crippen LogP contribution in [0.4, 0.5) is 5.69 Å². The van der Waals surface area contributed by atoms with Crippen molar-refractivity contribution >= 4 is 47.4 Å². The molecule has 1 fully saturated rings. The van der Waals surface area contributed by atoms with Gasteiger partial charge < -0.3 is 20.0 Å². The number of anilines is 1. The van der Waals surface area contributed by atoms with E-state index >= 15 is 0 Å².